The van der Waals surface area contributed by atoms with Crippen LogP contribution in [0.3, 0.4) is 0 Å². The van der Waals surface area contributed by atoms with Crippen molar-refractivity contribution in [1.82, 2.24) is 24.9 Å². The van der Waals surface area contributed by atoms with Crippen molar-refractivity contribution in [2.75, 3.05) is 0 Å². The van der Waals surface area contributed by atoms with Crippen LogP contribution >= 0.6 is 34.0 Å². The van der Waals surface area contributed by atoms with Crippen molar-refractivity contribution in [3.05, 3.63) is 164 Å². The first kappa shape index (κ1) is 32.5. The van der Waals surface area contributed by atoms with Gasteiger partial charge in [-0.15, -0.1) is 34.0 Å². The second-order valence-corrected chi connectivity index (χ2v) is 17.2. The fraction of sp³-hybridized carbons (Fsp3) is 0. The van der Waals surface area contributed by atoms with Gasteiger partial charge in [0.2, 0.25) is 0 Å². The minimum Gasteiger partial charge on any atom is -0.226 e. The van der Waals surface area contributed by atoms with Gasteiger partial charge in [0.1, 0.15) is 0 Å². The first-order valence-electron chi connectivity index (χ1n) is 18.7. The lowest BCUT2D eigenvalue weighted by Gasteiger charge is -2.10. The van der Waals surface area contributed by atoms with Crippen LogP contribution in [0.5, 0.6) is 0 Å². The largest absolute Gasteiger partial charge is 0.226 e. The Kier molecular flexibility index (Phi) is 7.38. The number of benzene rings is 7. The van der Waals surface area contributed by atoms with E-state index in [2.05, 4.69) is 140 Å². The topological polar surface area (TPSA) is 64.5 Å². The highest BCUT2D eigenvalue weighted by Gasteiger charge is 2.22. The van der Waals surface area contributed by atoms with E-state index in [1.54, 1.807) is 22.7 Å². The zero-order chi connectivity index (χ0) is 37.5. The summed E-state index contributed by atoms with van der Waals surface area (Å²) in [4.78, 5) is 26.2. The van der Waals surface area contributed by atoms with Gasteiger partial charge in [-0.1, -0.05) is 121 Å². The van der Waals surface area contributed by atoms with Crippen LogP contribution < -0.4 is 0 Å². The molecule has 0 aliphatic rings. The third-order valence-corrected chi connectivity index (χ3v) is 14.1. The zero-order valence-electron chi connectivity index (χ0n) is 30.0. The monoisotopic (exact) mass is 781 g/mol. The lowest BCUT2D eigenvalue weighted by molar-refractivity contribution is 1.08. The van der Waals surface area contributed by atoms with Gasteiger partial charge in [0, 0.05) is 78.2 Å². The lowest BCUT2D eigenvalue weighted by Crippen LogP contribution is -2.00. The average molecular weight is 782 g/mol. The summed E-state index contributed by atoms with van der Waals surface area (Å²) in [7, 11) is 0. The van der Waals surface area contributed by atoms with Gasteiger partial charge in [0.05, 0.1) is 15.9 Å². The average Bonchev–Trinajstić information content (AvgIpc) is 3.98. The van der Waals surface area contributed by atoms with Gasteiger partial charge in [-0.3, -0.25) is 0 Å². The molecule has 0 saturated heterocycles. The van der Waals surface area contributed by atoms with Gasteiger partial charge in [0.15, 0.2) is 23.3 Å². The molecule has 0 spiro atoms. The van der Waals surface area contributed by atoms with Gasteiger partial charge in [-0.25, -0.2) is 24.9 Å². The molecule has 0 amide bonds. The summed E-state index contributed by atoms with van der Waals surface area (Å²) in [6, 6.07) is 57.2. The maximum atomic E-state index is 5.34. The lowest BCUT2D eigenvalue weighted by atomic mass is 10.0. The smallest absolute Gasteiger partial charge is 0.164 e. The van der Waals surface area contributed by atoms with E-state index in [9.17, 15) is 0 Å². The number of fused-ring (bicyclic) bond motifs is 9. The Balaban J connectivity index is 1.08. The molecule has 7 aromatic carbocycles. The third kappa shape index (κ3) is 5.29. The van der Waals surface area contributed by atoms with Crippen LogP contribution in [-0.4, -0.2) is 24.9 Å². The molecule has 57 heavy (non-hydrogen) atoms. The van der Waals surface area contributed by atoms with Crippen LogP contribution in [0.25, 0.3) is 117 Å². The summed E-state index contributed by atoms with van der Waals surface area (Å²) in [5.41, 5.74) is 6.88. The Morgan fingerprint density at radius 3 is 1.72 bits per heavy atom. The summed E-state index contributed by atoms with van der Waals surface area (Å²) in [5.74, 6) is 2.64. The molecular formula is C49H27N5S3. The SMILES string of the molecule is c1ccc(-c2nc(-c3ccc4sc5ccccc5c4c3)nc(-c3cccc4sc5c(-c6nc(-c7ccccc7)c7sc8ccccc8c7n6)cccc5c34)n2)cc1. The van der Waals surface area contributed by atoms with E-state index in [1.165, 1.54) is 24.9 Å². The molecule has 0 unspecified atom stereocenters. The first-order chi connectivity index (χ1) is 28.2. The van der Waals surface area contributed by atoms with Crippen LogP contribution in [0.4, 0.5) is 0 Å². The minimum absolute atomic E-state index is 0.638. The molecule has 266 valence electrons. The maximum Gasteiger partial charge on any atom is 0.164 e. The molecule has 0 aliphatic heterocycles. The Labute approximate surface area is 338 Å². The van der Waals surface area contributed by atoms with E-state index in [0.717, 1.165) is 69.3 Å². The molecule has 0 radical (unpaired) electrons. The number of hydrogen-bond donors (Lipinski definition) is 0. The molecule has 0 bridgehead atoms. The van der Waals surface area contributed by atoms with Gasteiger partial charge in [-0.05, 0) is 42.5 Å². The molecule has 12 aromatic rings. The zero-order valence-corrected chi connectivity index (χ0v) is 32.5. The molecule has 5 heterocycles. The summed E-state index contributed by atoms with van der Waals surface area (Å²) >= 11 is 5.32. The van der Waals surface area contributed by atoms with Crippen LogP contribution in [0.2, 0.25) is 0 Å². The predicted octanol–water partition coefficient (Wildman–Crippen LogP) is 14.1. The number of thiophene rings is 3. The van der Waals surface area contributed by atoms with E-state index < -0.39 is 0 Å². The summed E-state index contributed by atoms with van der Waals surface area (Å²) in [5, 5.41) is 5.84. The van der Waals surface area contributed by atoms with Crippen molar-refractivity contribution in [2.24, 2.45) is 0 Å². The van der Waals surface area contributed by atoms with Gasteiger partial charge in [0.25, 0.3) is 0 Å². The van der Waals surface area contributed by atoms with Gasteiger partial charge >= 0.3 is 0 Å². The van der Waals surface area contributed by atoms with E-state index in [4.69, 9.17) is 24.9 Å². The molecule has 5 aromatic heterocycles. The fourth-order valence-electron chi connectivity index (χ4n) is 7.92. The molecule has 0 N–H and O–H groups in total. The van der Waals surface area contributed by atoms with Crippen LogP contribution in [-0.2, 0) is 0 Å². The quantitative estimate of drug-likeness (QED) is 0.174. The number of nitrogens with zero attached hydrogens (tertiary/aromatic N) is 5. The molecule has 12 rings (SSSR count). The number of rotatable bonds is 5. The van der Waals surface area contributed by atoms with Crippen molar-refractivity contribution in [3.63, 3.8) is 0 Å². The van der Waals surface area contributed by atoms with Crippen molar-refractivity contribution >= 4 is 94.7 Å². The Hall–Kier alpha value is -6.71. The van der Waals surface area contributed by atoms with E-state index >= 15 is 0 Å². The van der Waals surface area contributed by atoms with Crippen molar-refractivity contribution in [1.29, 1.82) is 0 Å². The second-order valence-electron chi connectivity index (χ2n) is 14.0. The van der Waals surface area contributed by atoms with Crippen molar-refractivity contribution in [3.8, 4) is 56.8 Å². The summed E-state index contributed by atoms with van der Waals surface area (Å²) in [6.07, 6.45) is 0. The highest BCUT2D eigenvalue weighted by Crippen LogP contribution is 2.45. The maximum absolute atomic E-state index is 5.34. The molecule has 0 atom stereocenters. The van der Waals surface area contributed by atoms with E-state index in [0.29, 0.717) is 23.3 Å². The highest BCUT2D eigenvalue weighted by molar-refractivity contribution is 7.27. The van der Waals surface area contributed by atoms with Crippen LogP contribution in [0.15, 0.2) is 164 Å². The number of hydrogen-bond acceptors (Lipinski definition) is 8. The Bertz CT molecular complexity index is 3530. The molecule has 0 aliphatic carbocycles. The Morgan fingerprint density at radius 2 is 0.895 bits per heavy atom. The van der Waals surface area contributed by atoms with Gasteiger partial charge in [-0.2, -0.15) is 0 Å². The molecule has 0 fully saturated rings. The first-order valence-corrected chi connectivity index (χ1v) is 21.1. The second kappa shape index (κ2) is 12.9. The summed E-state index contributed by atoms with van der Waals surface area (Å²) < 4.78 is 7.10. The van der Waals surface area contributed by atoms with E-state index in [-0.39, 0.29) is 0 Å². The van der Waals surface area contributed by atoms with Crippen molar-refractivity contribution in [2.45, 2.75) is 0 Å². The normalized spacial score (nSPS) is 11.9. The van der Waals surface area contributed by atoms with Crippen molar-refractivity contribution < 1.29 is 0 Å². The highest BCUT2D eigenvalue weighted by atomic mass is 32.1. The minimum atomic E-state index is 0.638. The number of aromatic nitrogens is 5. The fourth-order valence-corrected chi connectivity index (χ4v) is 11.4. The van der Waals surface area contributed by atoms with Gasteiger partial charge < -0.3 is 0 Å². The predicted molar refractivity (Wildman–Crippen MR) is 241 cm³/mol. The third-order valence-electron chi connectivity index (χ3n) is 10.6. The van der Waals surface area contributed by atoms with Crippen LogP contribution in [0, 0.1) is 0 Å². The molecule has 8 heteroatoms. The summed E-state index contributed by atoms with van der Waals surface area (Å²) in [6.45, 7) is 0. The molecular weight excluding hydrogens is 755 g/mol. The Morgan fingerprint density at radius 1 is 0.316 bits per heavy atom. The molecule has 0 saturated carbocycles. The van der Waals surface area contributed by atoms with E-state index in [1.807, 2.05) is 35.6 Å². The molecule has 5 nitrogen and oxygen atoms in total. The van der Waals surface area contributed by atoms with Crippen LogP contribution in [0.1, 0.15) is 0 Å². The standard InChI is InChI=1S/C49H27N5S3/c1-3-13-28(14-4-1)42-45-43(32-18-8-10-23-38(32)56-45)51-49(50-42)35-21-11-19-33-41-34(20-12-24-40(41)57-44(33)35)48-53-46(29-15-5-2-6-16-29)52-47(54-48)30-25-26-39-36(27-30)31-17-7-9-22-37(31)55-39/h1-27H.